The summed E-state index contributed by atoms with van der Waals surface area (Å²) in [5.41, 5.74) is 0. The van der Waals surface area contributed by atoms with Crippen molar-refractivity contribution in [3.8, 4) is 0 Å². The zero-order chi connectivity index (χ0) is 14.6. The summed E-state index contributed by atoms with van der Waals surface area (Å²) < 4.78 is 0. The summed E-state index contributed by atoms with van der Waals surface area (Å²) in [7, 11) is 2.63. The molecule has 1 radical (unpaired) electrons. The Balaban J connectivity index is -0.000000123. The number of rotatable bonds is 1. The van der Waals surface area contributed by atoms with E-state index in [1.165, 1.54) is 18.1 Å². The molecule has 3 atom stereocenters. The molecule has 0 bridgehead atoms. The van der Waals surface area contributed by atoms with E-state index in [1.807, 2.05) is 30.3 Å². The van der Waals surface area contributed by atoms with Gasteiger partial charge in [0.25, 0.3) is 0 Å². The van der Waals surface area contributed by atoms with Crippen molar-refractivity contribution in [2.45, 2.75) is 12.8 Å². The maximum Gasteiger partial charge on any atom is 3.00 e. The Hall–Kier alpha value is -0.459. The topological polar surface area (TPSA) is 0 Å². The van der Waals surface area contributed by atoms with Gasteiger partial charge in [0.2, 0.25) is 0 Å². The molecule has 0 aromatic heterocycles. The van der Waals surface area contributed by atoms with Crippen LogP contribution in [0.1, 0.15) is 12.8 Å². The van der Waals surface area contributed by atoms with Crippen molar-refractivity contribution in [2.75, 3.05) is 0 Å². The molecule has 24 heavy (non-hydrogen) atoms. The molecule has 131 valence electrons. The Morgan fingerprint density at radius 2 is 1.54 bits per heavy atom. The first kappa shape index (κ1) is 31.3. The third kappa shape index (κ3) is 13.9. The molecule has 0 nitrogen and oxygen atoms in total. The molecule has 3 rings (SSSR count). The molecule has 1 saturated carbocycles. The van der Waals surface area contributed by atoms with Crippen LogP contribution in [0.2, 0.25) is 0 Å². The number of benzene rings is 1. The van der Waals surface area contributed by atoms with Crippen LogP contribution in [-0.4, -0.2) is 11.0 Å². The zero-order valence-corrected chi connectivity index (χ0v) is 17.2. The van der Waals surface area contributed by atoms with E-state index in [2.05, 4.69) is 53.1 Å². The first-order chi connectivity index (χ1) is 9.77. The predicted octanol–water partition coefficient (Wildman–Crippen LogP) is 4.33. The number of allylic oxidation sites excluding steroid dienone is 6. The Labute approximate surface area is 172 Å². The van der Waals surface area contributed by atoms with Crippen LogP contribution < -0.4 is 5.30 Å². The second-order valence-corrected chi connectivity index (χ2v) is 5.37. The van der Waals surface area contributed by atoms with Crippen LogP contribution in [0, 0.1) is 33.1 Å². The first-order valence-corrected chi connectivity index (χ1v) is 7.58. The second-order valence-electron chi connectivity index (χ2n) is 4.71. The van der Waals surface area contributed by atoms with Crippen molar-refractivity contribution in [3.63, 3.8) is 0 Å². The van der Waals surface area contributed by atoms with E-state index in [-0.39, 0.29) is 47.5 Å². The number of hydrogen-bond acceptors (Lipinski definition) is 0. The molecule has 1 aromatic carbocycles. The van der Waals surface area contributed by atoms with Crippen molar-refractivity contribution in [2.24, 2.45) is 11.8 Å². The molecule has 2 aliphatic rings. The molecule has 0 saturated heterocycles. The van der Waals surface area contributed by atoms with Gasteiger partial charge < -0.3 is 21.3 Å². The van der Waals surface area contributed by atoms with Crippen molar-refractivity contribution < 1.29 is 21.7 Å². The fourth-order valence-electron chi connectivity index (χ4n) is 2.15. The van der Waals surface area contributed by atoms with Gasteiger partial charge in [-0.1, -0.05) is 80.3 Å². The van der Waals surface area contributed by atoms with Crippen LogP contribution in [0.5, 0.6) is 0 Å². The Morgan fingerprint density at radius 3 is 1.96 bits per heavy atom. The van der Waals surface area contributed by atoms with Crippen LogP contribution in [-0.2, 0) is 21.7 Å². The summed E-state index contributed by atoms with van der Waals surface area (Å²) in [4.78, 5) is 0. The average Bonchev–Trinajstić information content (AvgIpc) is 2.97. The Bertz CT molecular complexity index is 430. The molecular weight excluding hydrogens is 359 g/mol. The van der Waals surface area contributed by atoms with Crippen molar-refractivity contribution in [3.05, 3.63) is 101 Å². The largest absolute Gasteiger partial charge is 3.00 e. The molecule has 1 fully saturated rings. The van der Waals surface area contributed by atoms with Crippen LogP contribution in [0.15, 0.2) is 79.9 Å². The van der Waals surface area contributed by atoms with E-state index in [9.17, 15) is 0 Å². The fraction of sp³-hybridized carbons (Fsp3) is 0.190. The van der Waals surface area contributed by atoms with E-state index in [1.54, 1.807) is 12.2 Å². The molecule has 0 aliphatic heterocycles. The van der Waals surface area contributed by atoms with Gasteiger partial charge in [-0.2, -0.15) is 6.42 Å². The smallest absolute Gasteiger partial charge is 0.358 e. The van der Waals surface area contributed by atoms with Crippen LogP contribution >= 0.6 is 9.24 Å². The summed E-state index contributed by atoms with van der Waals surface area (Å²) in [5, 5.41) is 1.24. The minimum absolute atomic E-state index is 0. The van der Waals surface area contributed by atoms with Gasteiger partial charge in [0.05, 0.1) is 0 Å². The molecule has 1 aromatic rings. The van der Waals surface area contributed by atoms with Gasteiger partial charge >= 0.3 is 21.7 Å². The van der Waals surface area contributed by atoms with E-state index >= 15 is 0 Å². The number of fused-ring (bicyclic) bond motifs is 1. The Kier molecular flexibility index (Phi) is 26.9. The maximum absolute atomic E-state index is 3.36. The Morgan fingerprint density at radius 1 is 1.00 bits per heavy atom. The van der Waals surface area contributed by atoms with Gasteiger partial charge in [0.15, 0.2) is 0 Å². The fourth-order valence-corrected chi connectivity index (χ4v) is 2.37. The van der Waals surface area contributed by atoms with Crippen molar-refractivity contribution in [1.29, 1.82) is 0 Å². The van der Waals surface area contributed by atoms with E-state index in [4.69, 9.17) is 0 Å². The van der Waals surface area contributed by atoms with Crippen molar-refractivity contribution >= 4 is 25.5 Å². The van der Waals surface area contributed by atoms with E-state index in [0.717, 1.165) is 11.8 Å². The standard InChI is InChI=1S/C9H11.C6H7P.C4H6.2CH3.H4Si.Ti/c1-2-5-9-7-3-6-8(9)4-1;7-6-4-2-1-3-5-6;1-3-4-2;;;;/h1-2,4-6,8-9H,3,7H2;1-5H,7H2;3-4H,1-2H2;2*1H3;1H4;/q-1;;;2*-1;;+3. The molecule has 0 spiro atoms. The summed E-state index contributed by atoms with van der Waals surface area (Å²) in [6.45, 7) is 6.72. The third-order valence-corrected chi connectivity index (χ3v) is 3.59. The quantitative estimate of drug-likeness (QED) is 0.288. The van der Waals surface area contributed by atoms with Crippen molar-refractivity contribution in [1.82, 2.24) is 0 Å². The molecule has 0 heterocycles. The van der Waals surface area contributed by atoms with E-state index in [0.29, 0.717) is 0 Å². The minimum atomic E-state index is 0. The molecule has 3 unspecified atom stereocenters. The second kappa shape index (κ2) is 20.6. The summed E-state index contributed by atoms with van der Waals surface area (Å²) in [5.74, 6) is 1.62. The van der Waals surface area contributed by atoms with Crippen LogP contribution in [0.25, 0.3) is 0 Å². The minimum Gasteiger partial charge on any atom is -0.358 e. The normalized spacial score (nSPS) is 18.0. The monoisotopic (exact) mass is 393 g/mol. The summed E-state index contributed by atoms with van der Waals surface area (Å²) >= 11 is 0. The van der Waals surface area contributed by atoms with E-state index < -0.39 is 0 Å². The van der Waals surface area contributed by atoms with Gasteiger partial charge in [0, 0.05) is 0 Å². The molecule has 0 N–H and O–H groups in total. The average molecular weight is 393 g/mol. The van der Waals surface area contributed by atoms with Gasteiger partial charge in [-0.25, -0.2) is 0 Å². The first-order valence-electron chi connectivity index (χ1n) is 7.00. The SMILES string of the molecule is C1=CC2[CH-]CCC2C=C1.C=CC=C.Pc1ccccc1.[CH3-].[CH3-].[SiH4].[Ti+3]. The maximum atomic E-state index is 3.36. The van der Waals surface area contributed by atoms with Gasteiger partial charge in [-0.05, 0) is 22.2 Å². The predicted molar refractivity (Wildman–Crippen MR) is 119 cm³/mol. The van der Waals surface area contributed by atoms with Gasteiger partial charge in [-0.15, -0.1) is 21.2 Å². The van der Waals surface area contributed by atoms with Crippen LogP contribution in [0.4, 0.5) is 0 Å². The molecular formula is C21H34PSiTi. The zero-order valence-electron chi connectivity index (χ0n) is 14.5. The summed E-state index contributed by atoms with van der Waals surface area (Å²) in [6, 6.07) is 10.1. The molecule has 0 amide bonds. The molecule has 2 aliphatic carbocycles. The third-order valence-electron chi connectivity index (χ3n) is 3.20. The van der Waals surface area contributed by atoms with Gasteiger partial charge in [0.1, 0.15) is 0 Å². The number of hydrogen-bond donors (Lipinski definition) is 0. The molecule has 3 heteroatoms. The van der Waals surface area contributed by atoms with Gasteiger partial charge in [-0.3, -0.25) is 0 Å². The summed E-state index contributed by atoms with van der Waals surface area (Å²) in [6.07, 6.45) is 17.3. The van der Waals surface area contributed by atoms with Crippen LogP contribution in [0.3, 0.4) is 0 Å².